The van der Waals surface area contributed by atoms with Gasteiger partial charge in [0, 0.05) is 38.3 Å². The molecule has 0 unspecified atom stereocenters. The lowest BCUT2D eigenvalue weighted by Gasteiger charge is -2.36. The molecule has 0 aliphatic carbocycles. The zero-order valence-corrected chi connectivity index (χ0v) is 17.1. The Morgan fingerprint density at radius 3 is 2.55 bits per heavy atom. The first-order valence-electron chi connectivity index (χ1n) is 9.90. The summed E-state index contributed by atoms with van der Waals surface area (Å²) in [5.74, 6) is 6.37. The molecule has 0 spiro atoms. The highest BCUT2D eigenvalue weighted by Crippen LogP contribution is 2.29. The van der Waals surface area contributed by atoms with Crippen LogP contribution in [0.3, 0.4) is 0 Å². The molecule has 3 rings (SSSR count). The van der Waals surface area contributed by atoms with Crippen molar-refractivity contribution in [3.05, 3.63) is 59.5 Å². The lowest BCUT2D eigenvalue weighted by molar-refractivity contribution is -0.137. The summed E-state index contributed by atoms with van der Waals surface area (Å²) in [4.78, 5) is 20.6. The van der Waals surface area contributed by atoms with E-state index in [9.17, 15) is 18.0 Å². The molecular weight excluding hydrogens is 409 g/mol. The number of hydrogen-bond acceptors (Lipinski definition) is 3. The number of halogens is 3. The van der Waals surface area contributed by atoms with Gasteiger partial charge in [0.15, 0.2) is 11.7 Å². The predicted octanol–water partition coefficient (Wildman–Crippen LogP) is 3.07. The first kappa shape index (κ1) is 22.3. The minimum absolute atomic E-state index is 0.140. The van der Waals surface area contributed by atoms with E-state index in [1.165, 1.54) is 18.4 Å². The summed E-state index contributed by atoms with van der Waals surface area (Å²) in [6.07, 6.45) is -2.92. The van der Waals surface area contributed by atoms with Crippen LogP contribution in [0.15, 0.2) is 52.1 Å². The molecule has 1 N–H and O–H groups in total. The van der Waals surface area contributed by atoms with Crippen LogP contribution >= 0.6 is 0 Å². The summed E-state index contributed by atoms with van der Waals surface area (Å²) >= 11 is 0. The fourth-order valence-electron chi connectivity index (χ4n) is 3.13. The van der Waals surface area contributed by atoms with Crippen LogP contribution in [0, 0.1) is 11.8 Å². The van der Waals surface area contributed by atoms with Crippen molar-refractivity contribution in [3.63, 3.8) is 0 Å². The molecule has 1 fully saturated rings. The van der Waals surface area contributed by atoms with Gasteiger partial charge < -0.3 is 19.5 Å². The highest BCUT2D eigenvalue weighted by molar-refractivity contribution is 5.91. The Morgan fingerprint density at radius 1 is 1.16 bits per heavy atom. The van der Waals surface area contributed by atoms with Crippen molar-refractivity contribution in [2.24, 2.45) is 4.99 Å². The van der Waals surface area contributed by atoms with Gasteiger partial charge in [0.05, 0.1) is 11.8 Å². The molecule has 0 bridgehead atoms. The van der Waals surface area contributed by atoms with Crippen molar-refractivity contribution in [2.45, 2.75) is 13.1 Å². The third-order valence-corrected chi connectivity index (χ3v) is 4.66. The topological polar surface area (TPSA) is 61.1 Å². The summed E-state index contributed by atoms with van der Waals surface area (Å²) in [5, 5.41) is 3.19. The van der Waals surface area contributed by atoms with Crippen LogP contribution in [0.5, 0.6) is 0 Å². The molecule has 0 saturated carbocycles. The van der Waals surface area contributed by atoms with E-state index in [1.54, 1.807) is 17.0 Å². The Morgan fingerprint density at radius 2 is 1.90 bits per heavy atom. The van der Waals surface area contributed by atoms with Crippen molar-refractivity contribution in [2.75, 3.05) is 39.3 Å². The van der Waals surface area contributed by atoms with Gasteiger partial charge in [0.25, 0.3) is 5.91 Å². The Balaban J connectivity index is 1.59. The van der Waals surface area contributed by atoms with Crippen LogP contribution in [0.4, 0.5) is 13.2 Å². The zero-order chi connectivity index (χ0) is 22.3. The van der Waals surface area contributed by atoms with Gasteiger partial charge in [-0.1, -0.05) is 17.9 Å². The van der Waals surface area contributed by atoms with E-state index in [1.807, 2.05) is 11.8 Å². The second-order valence-electron chi connectivity index (χ2n) is 6.81. The number of carbonyl (C=O) groups is 1. The smallest absolute Gasteiger partial charge is 0.416 e. The van der Waals surface area contributed by atoms with Crippen molar-refractivity contribution in [3.8, 4) is 11.8 Å². The minimum Gasteiger partial charge on any atom is -0.459 e. The number of aliphatic imine (C=N–C) groups is 1. The summed E-state index contributed by atoms with van der Waals surface area (Å²) in [6, 6.07) is 8.24. The van der Waals surface area contributed by atoms with E-state index in [-0.39, 0.29) is 12.5 Å². The van der Waals surface area contributed by atoms with Gasteiger partial charge in [-0.25, -0.2) is 4.99 Å². The third kappa shape index (κ3) is 6.04. The molecule has 164 valence electrons. The molecule has 1 saturated heterocycles. The van der Waals surface area contributed by atoms with E-state index in [4.69, 9.17) is 4.42 Å². The van der Waals surface area contributed by atoms with Crippen molar-refractivity contribution in [1.82, 2.24) is 15.1 Å². The van der Waals surface area contributed by atoms with Gasteiger partial charge in [-0.15, -0.1) is 0 Å². The molecule has 6 nitrogen and oxygen atoms in total. The third-order valence-electron chi connectivity index (χ3n) is 4.66. The van der Waals surface area contributed by atoms with E-state index in [0.29, 0.717) is 50.0 Å². The van der Waals surface area contributed by atoms with Crippen LogP contribution < -0.4 is 5.32 Å². The Labute approximate surface area is 178 Å². The van der Waals surface area contributed by atoms with Gasteiger partial charge in [0.1, 0.15) is 6.54 Å². The lowest BCUT2D eigenvalue weighted by Crippen LogP contribution is -2.53. The predicted molar refractivity (Wildman–Crippen MR) is 110 cm³/mol. The first-order valence-corrected chi connectivity index (χ1v) is 9.90. The van der Waals surface area contributed by atoms with Gasteiger partial charge in [-0.05, 0) is 37.3 Å². The number of piperazine rings is 1. The highest BCUT2D eigenvalue weighted by atomic mass is 19.4. The van der Waals surface area contributed by atoms with Gasteiger partial charge in [-0.2, -0.15) is 13.2 Å². The minimum atomic E-state index is -4.39. The fraction of sp³-hybridized carbons (Fsp3) is 0.364. The number of rotatable bonds is 3. The van der Waals surface area contributed by atoms with E-state index in [0.717, 1.165) is 12.1 Å². The van der Waals surface area contributed by atoms with E-state index in [2.05, 4.69) is 22.2 Å². The molecule has 0 radical (unpaired) electrons. The Bertz CT molecular complexity index is 967. The molecule has 1 aliphatic heterocycles. The second-order valence-corrected chi connectivity index (χ2v) is 6.81. The quantitative estimate of drug-likeness (QED) is 0.460. The largest absolute Gasteiger partial charge is 0.459 e. The van der Waals surface area contributed by atoms with Crippen LogP contribution in [-0.2, 0) is 6.18 Å². The zero-order valence-electron chi connectivity index (χ0n) is 17.1. The van der Waals surface area contributed by atoms with Gasteiger partial charge in [-0.3, -0.25) is 4.79 Å². The first-order chi connectivity index (χ1) is 14.9. The number of carbonyl (C=O) groups excluding carboxylic acids is 1. The summed E-state index contributed by atoms with van der Waals surface area (Å²) < 4.78 is 43.6. The molecule has 1 aromatic carbocycles. The highest BCUT2D eigenvalue weighted by Gasteiger charge is 2.30. The van der Waals surface area contributed by atoms with Gasteiger partial charge >= 0.3 is 6.18 Å². The van der Waals surface area contributed by atoms with Crippen molar-refractivity contribution < 1.29 is 22.4 Å². The van der Waals surface area contributed by atoms with Crippen molar-refractivity contribution >= 4 is 11.9 Å². The maximum atomic E-state index is 12.8. The van der Waals surface area contributed by atoms with Crippen molar-refractivity contribution in [1.29, 1.82) is 0 Å². The van der Waals surface area contributed by atoms with Gasteiger partial charge in [0.2, 0.25) is 0 Å². The molecule has 1 amide bonds. The number of alkyl halides is 3. The second kappa shape index (κ2) is 10.1. The SMILES string of the molecule is CCNC(=NCC#Cc1cccc(C(F)(F)F)c1)N1CCN(C(=O)c2ccco2)CC1. The maximum absolute atomic E-state index is 12.8. The molecule has 0 atom stereocenters. The number of amides is 1. The summed E-state index contributed by atoms with van der Waals surface area (Å²) in [6.45, 7) is 4.99. The number of benzene rings is 1. The summed E-state index contributed by atoms with van der Waals surface area (Å²) in [5.41, 5.74) is -0.432. The number of nitrogens with one attached hydrogen (secondary N) is 1. The molecule has 1 aliphatic rings. The maximum Gasteiger partial charge on any atom is 0.416 e. The number of furan rings is 1. The lowest BCUT2D eigenvalue weighted by atomic mass is 10.1. The van der Waals surface area contributed by atoms with Crippen LogP contribution in [0.25, 0.3) is 0 Å². The van der Waals surface area contributed by atoms with E-state index >= 15 is 0 Å². The monoisotopic (exact) mass is 432 g/mol. The van der Waals surface area contributed by atoms with Crippen LogP contribution in [0.2, 0.25) is 0 Å². The Hall–Kier alpha value is -3.41. The summed E-state index contributed by atoms with van der Waals surface area (Å²) in [7, 11) is 0. The fourth-order valence-corrected chi connectivity index (χ4v) is 3.13. The molecule has 2 aromatic rings. The number of guanidine groups is 1. The molecule has 2 heterocycles. The van der Waals surface area contributed by atoms with Crippen LogP contribution in [-0.4, -0.2) is 60.9 Å². The number of hydrogen-bond donors (Lipinski definition) is 1. The average molecular weight is 432 g/mol. The van der Waals surface area contributed by atoms with E-state index < -0.39 is 11.7 Å². The Kier molecular flexibility index (Phi) is 7.23. The molecule has 9 heteroatoms. The standard InChI is InChI=1S/C22H23F3N4O2/c1-2-26-21(27-10-4-7-17-6-3-8-18(16-17)22(23,24)25)29-13-11-28(12-14-29)20(30)19-9-5-15-31-19/h3,5-6,8-9,15-16H,2,10-14H2,1H3,(H,26,27). The van der Waals surface area contributed by atoms with Crippen LogP contribution in [0.1, 0.15) is 28.6 Å². The molecular formula is C22H23F3N4O2. The normalized spacial score (nSPS) is 14.8. The molecule has 1 aromatic heterocycles. The average Bonchev–Trinajstić information content (AvgIpc) is 3.30. The molecule has 31 heavy (non-hydrogen) atoms. The number of nitrogens with zero attached hydrogens (tertiary/aromatic N) is 3.